The maximum atomic E-state index is 4.56. The van der Waals surface area contributed by atoms with Crippen LogP contribution in [0.1, 0.15) is 0 Å². The number of aromatic nitrogens is 3. The maximum absolute atomic E-state index is 4.56. The lowest BCUT2D eigenvalue weighted by Gasteiger charge is -2.02. The Balaban J connectivity index is 2.48. The lowest BCUT2D eigenvalue weighted by atomic mass is 10.3. The third kappa shape index (κ3) is 3.55. The number of para-hydroxylation sites is 1. The van der Waals surface area contributed by atoms with Gasteiger partial charge in [0.2, 0.25) is 5.16 Å². The molecule has 2 aromatic rings. The molecule has 4 nitrogen and oxygen atoms in total. The van der Waals surface area contributed by atoms with Gasteiger partial charge in [-0.1, -0.05) is 30.0 Å². The summed E-state index contributed by atoms with van der Waals surface area (Å²) in [6.07, 6.45) is 5.98. The van der Waals surface area contributed by atoms with Gasteiger partial charge >= 0.3 is 0 Å². The van der Waals surface area contributed by atoms with Crippen molar-refractivity contribution in [2.24, 2.45) is 4.99 Å². The summed E-state index contributed by atoms with van der Waals surface area (Å²) < 4.78 is 2.75. The first-order valence-electron chi connectivity index (χ1n) is 5.51. The van der Waals surface area contributed by atoms with E-state index in [0.717, 1.165) is 15.2 Å². The molecule has 0 aliphatic heterocycles. The molecule has 0 amide bonds. The summed E-state index contributed by atoms with van der Waals surface area (Å²) in [6.45, 7) is 0. The molecule has 100 valence electrons. The number of rotatable bonds is 3. The molecule has 0 fully saturated rings. The van der Waals surface area contributed by atoms with E-state index in [-0.39, 0.29) is 0 Å². The Morgan fingerprint density at radius 2 is 1.79 bits per heavy atom. The van der Waals surface area contributed by atoms with Gasteiger partial charge in [0.1, 0.15) is 4.38 Å². The summed E-state index contributed by atoms with van der Waals surface area (Å²) in [4.78, 5) is 9.00. The van der Waals surface area contributed by atoms with Crippen LogP contribution in [0.3, 0.4) is 0 Å². The predicted octanol–water partition coefficient (Wildman–Crippen LogP) is 3.70. The Morgan fingerprint density at radius 1 is 1.11 bits per heavy atom. The van der Waals surface area contributed by atoms with Gasteiger partial charge in [0.15, 0.2) is 0 Å². The number of benzene rings is 1. The van der Waals surface area contributed by atoms with Gasteiger partial charge in [-0.25, -0.2) is 0 Å². The Hall–Kier alpha value is -0.920. The van der Waals surface area contributed by atoms with Gasteiger partial charge in [-0.3, -0.25) is 0 Å². The van der Waals surface area contributed by atoms with Crippen LogP contribution in [0.5, 0.6) is 0 Å². The van der Waals surface area contributed by atoms with Gasteiger partial charge < -0.3 is 0 Å². The zero-order chi connectivity index (χ0) is 13.7. The largest absolute Gasteiger partial charge is 0.255 e. The first-order chi connectivity index (χ1) is 9.28. The molecule has 0 unspecified atom stereocenters. The molecule has 0 saturated heterocycles. The third-order valence-electron chi connectivity index (χ3n) is 2.29. The van der Waals surface area contributed by atoms with Crippen molar-refractivity contribution < 1.29 is 0 Å². The molecule has 7 heteroatoms. The van der Waals surface area contributed by atoms with Crippen molar-refractivity contribution in [2.75, 3.05) is 18.8 Å². The van der Waals surface area contributed by atoms with Crippen LogP contribution < -0.4 is 0 Å². The van der Waals surface area contributed by atoms with E-state index in [0.29, 0.717) is 5.95 Å². The Bertz CT molecular complexity index is 560. The van der Waals surface area contributed by atoms with E-state index in [9.17, 15) is 0 Å². The SMILES string of the molecule is CSC(=Nc1nc(SC)nn1-c1ccccc1)SC. The zero-order valence-electron chi connectivity index (χ0n) is 10.9. The molecule has 0 saturated carbocycles. The first-order valence-corrected chi connectivity index (χ1v) is 9.19. The summed E-state index contributed by atoms with van der Waals surface area (Å²) in [5.41, 5.74) is 0.968. The molecule has 0 aliphatic carbocycles. The second-order valence-corrected chi connectivity index (χ2v) is 6.05. The van der Waals surface area contributed by atoms with Crippen LogP contribution in [0.15, 0.2) is 40.5 Å². The van der Waals surface area contributed by atoms with Crippen molar-refractivity contribution in [2.45, 2.75) is 5.16 Å². The quantitative estimate of drug-likeness (QED) is 0.491. The average molecular weight is 310 g/mol. The molecule has 1 heterocycles. The Labute approximate surface area is 125 Å². The molecule has 2 rings (SSSR count). The first kappa shape index (κ1) is 14.5. The van der Waals surface area contributed by atoms with Crippen LogP contribution in [-0.2, 0) is 0 Å². The van der Waals surface area contributed by atoms with Crippen LogP contribution in [0, 0.1) is 0 Å². The monoisotopic (exact) mass is 310 g/mol. The highest BCUT2D eigenvalue weighted by atomic mass is 32.2. The molecule has 0 spiro atoms. The van der Waals surface area contributed by atoms with Crippen molar-refractivity contribution in [3.8, 4) is 5.69 Å². The molecule has 19 heavy (non-hydrogen) atoms. The second-order valence-electron chi connectivity index (χ2n) is 3.43. The molecule has 0 bridgehead atoms. The van der Waals surface area contributed by atoms with Crippen LogP contribution in [0.25, 0.3) is 5.69 Å². The standard InChI is InChI=1S/C12H14N4S3/c1-17-11-13-10(14-12(18-2)19-3)16(15-11)9-7-5-4-6-8-9/h4-8H,1-3H3. The summed E-state index contributed by atoms with van der Waals surface area (Å²) in [5, 5.41) is 5.19. The van der Waals surface area contributed by atoms with Crippen molar-refractivity contribution >= 4 is 45.6 Å². The average Bonchev–Trinajstić information content (AvgIpc) is 2.88. The van der Waals surface area contributed by atoms with Crippen molar-refractivity contribution in [3.63, 3.8) is 0 Å². The van der Waals surface area contributed by atoms with Gasteiger partial charge in [0.25, 0.3) is 5.95 Å². The topological polar surface area (TPSA) is 43.1 Å². The fourth-order valence-corrected chi connectivity index (χ4v) is 2.79. The summed E-state index contributed by atoms with van der Waals surface area (Å²) in [7, 11) is 0. The lowest BCUT2D eigenvalue weighted by molar-refractivity contribution is 0.836. The number of nitrogens with zero attached hydrogens (tertiary/aromatic N) is 4. The molecule has 1 aromatic carbocycles. The van der Waals surface area contributed by atoms with E-state index < -0.39 is 0 Å². The highest BCUT2D eigenvalue weighted by Gasteiger charge is 2.11. The van der Waals surface area contributed by atoms with E-state index in [1.54, 1.807) is 28.2 Å². The molecular weight excluding hydrogens is 296 g/mol. The minimum Gasteiger partial charge on any atom is -0.197 e. The number of thioether (sulfide) groups is 3. The van der Waals surface area contributed by atoms with E-state index in [2.05, 4.69) is 15.1 Å². The van der Waals surface area contributed by atoms with Crippen molar-refractivity contribution in [3.05, 3.63) is 30.3 Å². The number of aliphatic imine (C=N–C) groups is 1. The summed E-state index contributed by atoms with van der Waals surface area (Å²) in [5.74, 6) is 0.620. The van der Waals surface area contributed by atoms with Crippen LogP contribution in [-0.4, -0.2) is 37.9 Å². The zero-order valence-corrected chi connectivity index (χ0v) is 13.3. The van der Waals surface area contributed by atoms with E-state index in [4.69, 9.17) is 0 Å². The highest BCUT2D eigenvalue weighted by Crippen LogP contribution is 2.23. The minimum atomic E-state index is 0.620. The predicted molar refractivity (Wildman–Crippen MR) is 87.3 cm³/mol. The molecular formula is C12H14N4S3. The fraction of sp³-hybridized carbons (Fsp3) is 0.250. The molecule has 1 aromatic heterocycles. The minimum absolute atomic E-state index is 0.620. The smallest absolute Gasteiger partial charge is 0.197 e. The van der Waals surface area contributed by atoms with Gasteiger partial charge in [-0.05, 0) is 30.9 Å². The van der Waals surface area contributed by atoms with E-state index >= 15 is 0 Å². The van der Waals surface area contributed by atoms with Crippen molar-refractivity contribution in [1.82, 2.24) is 14.8 Å². The van der Waals surface area contributed by atoms with Gasteiger partial charge in [0.05, 0.1) is 5.69 Å². The van der Waals surface area contributed by atoms with Crippen LogP contribution >= 0.6 is 35.3 Å². The van der Waals surface area contributed by atoms with E-state index in [1.807, 2.05) is 49.1 Å². The maximum Gasteiger partial charge on any atom is 0.255 e. The third-order valence-corrected chi connectivity index (χ3v) is 4.71. The Kier molecular flexibility index (Phi) is 5.35. The lowest BCUT2D eigenvalue weighted by Crippen LogP contribution is -1.96. The second kappa shape index (κ2) is 7.02. The summed E-state index contributed by atoms with van der Waals surface area (Å²) >= 11 is 4.74. The normalized spacial score (nSPS) is 10.5. The van der Waals surface area contributed by atoms with Gasteiger partial charge in [0, 0.05) is 0 Å². The summed E-state index contributed by atoms with van der Waals surface area (Å²) in [6, 6.07) is 9.93. The van der Waals surface area contributed by atoms with Crippen LogP contribution in [0.2, 0.25) is 0 Å². The molecule has 0 radical (unpaired) electrons. The van der Waals surface area contributed by atoms with Gasteiger partial charge in [-0.15, -0.1) is 28.6 Å². The molecule has 0 atom stereocenters. The molecule has 0 N–H and O–H groups in total. The number of hydrogen-bond donors (Lipinski definition) is 0. The molecule has 0 aliphatic rings. The fourth-order valence-electron chi connectivity index (χ4n) is 1.44. The van der Waals surface area contributed by atoms with Gasteiger partial charge in [-0.2, -0.15) is 14.7 Å². The van der Waals surface area contributed by atoms with E-state index in [1.165, 1.54) is 11.8 Å². The Morgan fingerprint density at radius 3 is 2.37 bits per heavy atom. The van der Waals surface area contributed by atoms with Crippen LogP contribution in [0.4, 0.5) is 5.95 Å². The van der Waals surface area contributed by atoms with Crippen molar-refractivity contribution in [1.29, 1.82) is 0 Å². The number of hydrogen-bond acceptors (Lipinski definition) is 6. The highest BCUT2D eigenvalue weighted by molar-refractivity contribution is 8.38.